The number of carbonyl (C=O) groups excluding carboxylic acids is 1. The lowest BCUT2D eigenvalue weighted by Gasteiger charge is -2.32. The van der Waals surface area contributed by atoms with Crippen LogP contribution in [0.1, 0.15) is 23.2 Å². The Morgan fingerprint density at radius 3 is 2.21 bits per heavy atom. The van der Waals surface area contributed by atoms with Gasteiger partial charge in [0.2, 0.25) is 0 Å². The number of sulfonamides is 1. The van der Waals surface area contributed by atoms with Gasteiger partial charge in [-0.2, -0.15) is 13.2 Å². The number of hydrogen-bond donors (Lipinski definition) is 2. The van der Waals surface area contributed by atoms with E-state index in [0.717, 1.165) is 12.1 Å². The molecular weight excluding hydrogens is 409 g/mol. The van der Waals surface area contributed by atoms with Crippen LogP contribution in [0.5, 0.6) is 0 Å². The van der Waals surface area contributed by atoms with Crippen LogP contribution in [0, 0.1) is 17.6 Å². The van der Waals surface area contributed by atoms with Crippen LogP contribution in [0.3, 0.4) is 0 Å². The zero-order valence-corrected chi connectivity index (χ0v) is 15.5. The molecule has 0 atom stereocenters. The number of benzene rings is 1. The van der Waals surface area contributed by atoms with Gasteiger partial charge >= 0.3 is 15.5 Å². The second-order valence-corrected chi connectivity index (χ2v) is 8.26. The molecular formula is C16H20F5N3O3S. The monoisotopic (exact) mass is 429 g/mol. The molecule has 12 heteroatoms. The molecule has 0 aliphatic carbocycles. The molecule has 0 aromatic heterocycles. The molecule has 1 fully saturated rings. The van der Waals surface area contributed by atoms with E-state index in [1.54, 1.807) is 0 Å². The summed E-state index contributed by atoms with van der Waals surface area (Å²) in [5.74, 6) is -2.19. The van der Waals surface area contributed by atoms with Gasteiger partial charge < -0.3 is 10.2 Å². The molecule has 0 saturated carbocycles. The van der Waals surface area contributed by atoms with E-state index in [0.29, 0.717) is 38.5 Å². The Morgan fingerprint density at radius 2 is 1.68 bits per heavy atom. The Balaban J connectivity index is 1.70. The van der Waals surface area contributed by atoms with Crippen molar-refractivity contribution in [3.8, 4) is 0 Å². The fraction of sp³-hybridized carbons (Fsp3) is 0.562. The van der Waals surface area contributed by atoms with Crippen molar-refractivity contribution in [3.05, 3.63) is 35.4 Å². The highest BCUT2D eigenvalue weighted by molar-refractivity contribution is 7.90. The smallest absolute Gasteiger partial charge is 0.352 e. The minimum Gasteiger partial charge on any atom is -0.352 e. The summed E-state index contributed by atoms with van der Waals surface area (Å²) >= 11 is 0. The van der Waals surface area contributed by atoms with Crippen molar-refractivity contribution in [2.45, 2.75) is 18.3 Å². The minimum absolute atomic E-state index is 0.102. The molecule has 6 nitrogen and oxygen atoms in total. The highest BCUT2D eigenvalue weighted by Crippen LogP contribution is 2.21. The summed E-state index contributed by atoms with van der Waals surface area (Å²) in [7, 11) is -5.34. The molecule has 1 amide bonds. The summed E-state index contributed by atoms with van der Waals surface area (Å²) in [6.07, 6.45) is 1.29. The third-order valence-electron chi connectivity index (χ3n) is 4.41. The van der Waals surface area contributed by atoms with Gasteiger partial charge in [-0.1, -0.05) is 0 Å². The Labute approximate surface area is 159 Å². The zero-order valence-electron chi connectivity index (χ0n) is 14.7. The maximum Gasteiger partial charge on any atom is 0.511 e. The van der Waals surface area contributed by atoms with Crippen molar-refractivity contribution in [1.82, 2.24) is 14.9 Å². The van der Waals surface area contributed by atoms with E-state index in [4.69, 9.17) is 0 Å². The fourth-order valence-corrected chi connectivity index (χ4v) is 3.38. The van der Waals surface area contributed by atoms with Crippen molar-refractivity contribution < 1.29 is 35.2 Å². The van der Waals surface area contributed by atoms with Crippen molar-refractivity contribution >= 4 is 15.9 Å². The first-order valence-corrected chi connectivity index (χ1v) is 9.99. The van der Waals surface area contributed by atoms with Crippen molar-refractivity contribution in [1.29, 1.82) is 0 Å². The summed E-state index contributed by atoms with van der Waals surface area (Å²) in [4.78, 5) is 13.8. The molecule has 0 bridgehead atoms. The predicted octanol–water partition coefficient (Wildman–Crippen LogP) is 1.85. The van der Waals surface area contributed by atoms with Crippen LogP contribution in [0.15, 0.2) is 18.2 Å². The lowest BCUT2D eigenvalue weighted by atomic mass is 9.96. The van der Waals surface area contributed by atoms with Crippen LogP contribution in [0.25, 0.3) is 0 Å². The number of nitrogens with zero attached hydrogens (tertiary/aromatic N) is 1. The van der Waals surface area contributed by atoms with Gasteiger partial charge in [-0.05, 0) is 44.0 Å². The highest BCUT2D eigenvalue weighted by Gasteiger charge is 2.45. The number of rotatable bonds is 7. The average molecular weight is 429 g/mol. The summed E-state index contributed by atoms with van der Waals surface area (Å²) in [6, 6.07) is 2.54. The quantitative estimate of drug-likeness (QED) is 0.649. The molecule has 0 radical (unpaired) electrons. The van der Waals surface area contributed by atoms with Gasteiger partial charge in [0, 0.05) is 31.3 Å². The number of hydrogen-bond acceptors (Lipinski definition) is 4. The Kier molecular flexibility index (Phi) is 7.34. The van der Waals surface area contributed by atoms with Crippen LogP contribution in [-0.2, 0) is 10.0 Å². The number of nitrogens with one attached hydrogen (secondary N) is 2. The molecule has 2 rings (SSSR count). The first-order valence-electron chi connectivity index (χ1n) is 8.50. The first kappa shape index (κ1) is 22.5. The number of likely N-dealkylation sites (tertiary alicyclic amines) is 1. The Hall–Kier alpha value is -1.79. The summed E-state index contributed by atoms with van der Waals surface area (Å²) in [5.41, 5.74) is -5.45. The molecule has 1 aliphatic rings. The van der Waals surface area contributed by atoms with E-state index >= 15 is 0 Å². The van der Waals surface area contributed by atoms with Crippen LogP contribution in [0.4, 0.5) is 22.0 Å². The molecule has 28 heavy (non-hydrogen) atoms. The van der Waals surface area contributed by atoms with Gasteiger partial charge in [-0.15, -0.1) is 0 Å². The second kappa shape index (κ2) is 9.14. The lowest BCUT2D eigenvalue weighted by Crippen LogP contribution is -2.44. The molecule has 0 spiro atoms. The number of alkyl halides is 3. The predicted molar refractivity (Wildman–Crippen MR) is 90.8 cm³/mol. The van der Waals surface area contributed by atoms with Gasteiger partial charge in [-0.3, -0.25) is 4.79 Å². The maximum atomic E-state index is 13.1. The number of piperidine rings is 1. The number of amides is 1. The first-order chi connectivity index (χ1) is 13.0. The second-order valence-electron chi connectivity index (χ2n) is 6.50. The van der Waals surface area contributed by atoms with Gasteiger partial charge in [0.15, 0.2) is 0 Å². The summed E-state index contributed by atoms with van der Waals surface area (Å²) < 4.78 is 86.3. The average Bonchev–Trinajstić information content (AvgIpc) is 2.59. The van der Waals surface area contributed by atoms with Gasteiger partial charge in [0.05, 0.1) is 0 Å². The molecule has 2 N–H and O–H groups in total. The zero-order chi connectivity index (χ0) is 20.9. The SMILES string of the molecule is O=C(NCC1CCN(CCNS(=O)(=O)C(F)(F)F)CC1)c1cc(F)cc(F)c1. The van der Waals surface area contributed by atoms with E-state index in [2.05, 4.69) is 5.32 Å². The summed E-state index contributed by atoms with van der Waals surface area (Å²) in [6.45, 7) is 1.14. The van der Waals surface area contributed by atoms with Gasteiger partial charge in [-0.25, -0.2) is 21.9 Å². The van der Waals surface area contributed by atoms with E-state index in [1.807, 2.05) is 4.90 Å². The minimum atomic E-state index is -5.34. The summed E-state index contributed by atoms with van der Waals surface area (Å²) in [5, 5.41) is 2.61. The van der Waals surface area contributed by atoms with Gasteiger partial charge in [0.1, 0.15) is 11.6 Å². The normalized spacial score (nSPS) is 16.9. The van der Waals surface area contributed by atoms with E-state index in [9.17, 15) is 35.2 Å². The third-order valence-corrected chi connectivity index (χ3v) is 5.60. The number of halogens is 5. The van der Waals surface area contributed by atoms with Crippen LogP contribution >= 0.6 is 0 Å². The van der Waals surface area contributed by atoms with E-state index < -0.39 is 33.1 Å². The molecule has 1 saturated heterocycles. The van der Waals surface area contributed by atoms with Crippen LogP contribution < -0.4 is 10.0 Å². The third kappa shape index (κ3) is 6.38. The molecule has 158 valence electrons. The van der Waals surface area contributed by atoms with Gasteiger partial charge in [0.25, 0.3) is 5.91 Å². The largest absolute Gasteiger partial charge is 0.511 e. The molecule has 0 unspecified atom stereocenters. The van der Waals surface area contributed by atoms with Crippen molar-refractivity contribution in [2.75, 3.05) is 32.7 Å². The van der Waals surface area contributed by atoms with Crippen molar-refractivity contribution in [3.63, 3.8) is 0 Å². The molecule has 1 aromatic rings. The standard InChI is InChI=1S/C16H20F5N3O3S/c17-13-7-12(8-14(18)9-13)15(25)22-10-11-1-4-24(5-2-11)6-3-23-28(26,27)16(19,20)21/h7-9,11,23H,1-6,10H2,(H,22,25). The molecule has 1 heterocycles. The maximum absolute atomic E-state index is 13.1. The fourth-order valence-electron chi connectivity index (χ4n) is 2.86. The number of carbonyl (C=O) groups is 1. The molecule has 1 aromatic carbocycles. The van der Waals surface area contributed by atoms with E-state index in [1.165, 1.54) is 4.72 Å². The topological polar surface area (TPSA) is 78.5 Å². The Bertz CT molecular complexity index is 773. The Morgan fingerprint density at radius 1 is 1.11 bits per heavy atom. The van der Waals surface area contributed by atoms with Crippen LogP contribution in [0.2, 0.25) is 0 Å². The van der Waals surface area contributed by atoms with Crippen LogP contribution in [-0.4, -0.2) is 57.5 Å². The van der Waals surface area contributed by atoms with Crippen molar-refractivity contribution in [2.24, 2.45) is 5.92 Å². The molecule has 1 aliphatic heterocycles. The highest BCUT2D eigenvalue weighted by atomic mass is 32.2. The lowest BCUT2D eigenvalue weighted by molar-refractivity contribution is -0.0448. The van der Waals surface area contributed by atoms with E-state index in [-0.39, 0.29) is 24.6 Å².